The van der Waals surface area contributed by atoms with Crippen molar-refractivity contribution < 1.29 is 23.8 Å². The van der Waals surface area contributed by atoms with Gasteiger partial charge in [-0.1, -0.05) is 32.4 Å². The number of hydrogen-bond donors (Lipinski definition) is 0. The zero-order chi connectivity index (χ0) is 16.6. The Morgan fingerprint density at radius 2 is 1.59 bits per heavy atom. The van der Waals surface area contributed by atoms with Crippen LogP contribution in [0.3, 0.4) is 0 Å². The molecule has 0 spiro atoms. The van der Waals surface area contributed by atoms with Crippen molar-refractivity contribution in [3.63, 3.8) is 0 Å². The molecular weight excluding hydrogens is 284 g/mol. The third kappa shape index (κ3) is 12.1. The standard InChI is InChI=1S/C12H20O3.C5H8O2/c1-2-12(13)15-9-8-14-10-11-6-4-3-5-7-11;1-3-5(6)7-4-2/h2,11H,1,3-10H2;3H,1,4H2,2H3. The van der Waals surface area contributed by atoms with Crippen molar-refractivity contribution in [3.05, 3.63) is 25.3 Å². The Kier molecular flexibility index (Phi) is 13.3. The Hall–Kier alpha value is -1.62. The van der Waals surface area contributed by atoms with E-state index in [0.717, 1.165) is 12.7 Å². The summed E-state index contributed by atoms with van der Waals surface area (Å²) < 4.78 is 14.7. The van der Waals surface area contributed by atoms with Crippen molar-refractivity contribution in [3.8, 4) is 0 Å². The van der Waals surface area contributed by atoms with Gasteiger partial charge in [-0.05, 0) is 25.7 Å². The molecule has 0 bridgehead atoms. The van der Waals surface area contributed by atoms with Gasteiger partial charge in [0, 0.05) is 18.8 Å². The lowest BCUT2D eigenvalue weighted by molar-refractivity contribution is -0.139. The predicted octanol–water partition coefficient (Wildman–Crippen LogP) is 3.05. The second-order valence-electron chi connectivity index (χ2n) is 4.91. The summed E-state index contributed by atoms with van der Waals surface area (Å²) in [5, 5.41) is 0. The highest BCUT2D eigenvalue weighted by atomic mass is 16.6. The smallest absolute Gasteiger partial charge is 0.330 e. The maximum Gasteiger partial charge on any atom is 0.330 e. The molecule has 126 valence electrons. The van der Waals surface area contributed by atoms with Gasteiger partial charge in [0.05, 0.1) is 13.2 Å². The molecule has 0 unspecified atom stereocenters. The zero-order valence-corrected chi connectivity index (χ0v) is 13.6. The van der Waals surface area contributed by atoms with Crippen LogP contribution in [0.2, 0.25) is 0 Å². The molecule has 1 aliphatic rings. The van der Waals surface area contributed by atoms with Crippen molar-refractivity contribution in [2.24, 2.45) is 5.92 Å². The van der Waals surface area contributed by atoms with E-state index in [1.165, 1.54) is 38.2 Å². The number of hydrogen-bond acceptors (Lipinski definition) is 5. The van der Waals surface area contributed by atoms with Crippen LogP contribution >= 0.6 is 0 Å². The number of ether oxygens (including phenoxy) is 3. The van der Waals surface area contributed by atoms with Crippen molar-refractivity contribution in [1.82, 2.24) is 0 Å². The van der Waals surface area contributed by atoms with E-state index in [-0.39, 0.29) is 11.9 Å². The van der Waals surface area contributed by atoms with Crippen LogP contribution in [0.1, 0.15) is 39.0 Å². The molecule has 0 saturated heterocycles. The average molecular weight is 312 g/mol. The molecule has 1 aliphatic carbocycles. The Balaban J connectivity index is 0.000000534. The van der Waals surface area contributed by atoms with Gasteiger partial charge in [0.1, 0.15) is 6.61 Å². The van der Waals surface area contributed by atoms with Crippen LogP contribution in [0, 0.1) is 5.92 Å². The first-order valence-electron chi connectivity index (χ1n) is 7.80. The molecule has 22 heavy (non-hydrogen) atoms. The summed E-state index contributed by atoms with van der Waals surface area (Å²) in [4.78, 5) is 20.8. The minimum atomic E-state index is -0.378. The summed E-state index contributed by atoms with van der Waals surface area (Å²) in [6.07, 6.45) is 8.91. The first-order chi connectivity index (χ1) is 10.6. The van der Waals surface area contributed by atoms with Crippen LogP contribution in [0.4, 0.5) is 0 Å². The average Bonchev–Trinajstić information content (AvgIpc) is 2.56. The fourth-order valence-corrected chi connectivity index (χ4v) is 2.07. The minimum Gasteiger partial charge on any atom is -0.463 e. The van der Waals surface area contributed by atoms with E-state index in [4.69, 9.17) is 9.47 Å². The second kappa shape index (κ2) is 14.3. The normalized spacial score (nSPS) is 14.2. The summed E-state index contributed by atoms with van der Waals surface area (Å²) in [6, 6.07) is 0. The molecule has 5 heteroatoms. The van der Waals surface area contributed by atoms with Crippen molar-refractivity contribution >= 4 is 11.9 Å². The lowest BCUT2D eigenvalue weighted by atomic mass is 9.90. The molecule has 0 N–H and O–H groups in total. The van der Waals surface area contributed by atoms with Gasteiger partial charge in [-0.3, -0.25) is 0 Å². The summed E-state index contributed by atoms with van der Waals surface area (Å²) >= 11 is 0. The summed E-state index contributed by atoms with van der Waals surface area (Å²) in [6.45, 7) is 10.3. The fraction of sp³-hybridized carbons (Fsp3) is 0.647. The highest BCUT2D eigenvalue weighted by Crippen LogP contribution is 2.23. The van der Waals surface area contributed by atoms with Crippen LogP contribution in [0.5, 0.6) is 0 Å². The summed E-state index contributed by atoms with van der Waals surface area (Å²) in [5.74, 6) is -0.0207. The first kappa shape index (κ1) is 20.4. The van der Waals surface area contributed by atoms with Crippen molar-refractivity contribution in [1.29, 1.82) is 0 Å². The van der Waals surface area contributed by atoms with Gasteiger partial charge in [0.15, 0.2) is 0 Å². The topological polar surface area (TPSA) is 61.8 Å². The van der Waals surface area contributed by atoms with Gasteiger partial charge in [0.25, 0.3) is 0 Å². The van der Waals surface area contributed by atoms with Gasteiger partial charge in [-0.15, -0.1) is 0 Å². The SMILES string of the molecule is C=CC(=O)OCC.C=CC(=O)OCCOCC1CCCCC1. The van der Waals surface area contributed by atoms with Gasteiger partial charge in [-0.25, -0.2) is 9.59 Å². The Morgan fingerprint density at radius 3 is 2.09 bits per heavy atom. The second-order valence-corrected chi connectivity index (χ2v) is 4.91. The first-order valence-corrected chi connectivity index (χ1v) is 7.80. The van der Waals surface area contributed by atoms with E-state index in [9.17, 15) is 9.59 Å². The number of rotatable bonds is 8. The molecule has 1 rings (SSSR count). The Labute approximate surface area is 133 Å². The molecule has 0 aromatic rings. The Morgan fingerprint density at radius 1 is 1.00 bits per heavy atom. The third-order valence-electron chi connectivity index (χ3n) is 3.17. The van der Waals surface area contributed by atoms with E-state index in [2.05, 4.69) is 17.9 Å². The third-order valence-corrected chi connectivity index (χ3v) is 3.17. The van der Waals surface area contributed by atoms with Gasteiger partial charge >= 0.3 is 11.9 Å². The predicted molar refractivity (Wildman–Crippen MR) is 85.4 cm³/mol. The van der Waals surface area contributed by atoms with E-state index in [0.29, 0.717) is 25.7 Å². The molecule has 0 radical (unpaired) electrons. The molecule has 0 amide bonds. The maximum atomic E-state index is 10.7. The van der Waals surface area contributed by atoms with Crippen LogP contribution in [-0.2, 0) is 23.8 Å². The number of esters is 2. The van der Waals surface area contributed by atoms with Crippen LogP contribution in [-0.4, -0.2) is 38.4 Å². The molecule has 5 nitrogen and oxygen atoms in total. The van der Waals surface area contributed by atoms with Gasteiger partial charge in [0.2, 0.25) is 0 Å². The van der Waals surface area contributed by atoms with Crippen LogP contribution < -0.4 is 0 Å². The van der Waals surface area contributed by atoms with E-state index < -0.39 is 0 Å². The highest BCUT2D eigenvalue weighted by molar-refractivity contribution is 5.81. The van der Waals surface area contributed by atoms with Crippen molar-refractivity contribution in [2.45, 2.75) is 39.0 Å². The number of carbonyl (C=O) groups is 2. The monoisotopic (exact) mass is 312 g/mol. The molecular formula is C17H28O5. The van der Waals surface area contributed by atoms with Crippen LogP contribution in [0.15, 0.2) is 25.3 Å². The molecule has 0 aliphatic heterocycles. The highest BCUT2D eigenvalue weighted by Gasteiger charge is 2.12. The molecule has 0 atom stereocenters. The van der Waals surface area contributed by atoms with E-state index >= 15 is 0 Å². The maximum absolute atomic E-state index is 10.7. The van der Waals surface area contributed by atoms with Crippen LogP contribution in [0.25, 0.3) is 0 Å². The Bertz CT molecular complexity index is 332. The molecule has 0 aromatic heterocycles. The van der Waals surface area contributed by atoms with Gasteiger partial charge < -0.3 is 14.2 Å². The molecule has 1 saturated carbocycles. The zero-order valence-electron chi connectivity index (χ0n) is 13.6. The van der Waals surface area contributed by atoms with Crippen molar-refractivity contribution in [2.75, 3.05) is 26.4 Å². The quantitative estimate of drug-likeness (QED) is 0.391. The van der Waals surface area contributed by atoms with E-state index in [1.807, 2.05) is 0 Å². The largest absolute Gasteiger partial charge is 0.463 e. The minimum absolute atomic E-state index is 0.331. The lowest BCUT2D eigenvalue weighted by Gasteiger charge is -2.21. The fourth-order valence-electron chi connectivity index (χ4n) is 2.07. The molecule has 1 fully saturated rings. The summed E-state index contributed by atoms with van der Waals surface area (Å²) in [7, 11) is 0. The van der Waals surface area contributed by atoms with E-state index in [1.54, 1.807) is 6.92 Å². The lowest BCUT2D eigenvalue weighted by Crippen LogP contribution is -2.16. The van der Waals surface area contributed by atoms with Gasteiger partial charge in [-0.2, -0.15) is 0 Å². The summed E-state index contributed by atoms with van der Waals surface area (Å²) in [5.41, 5.74) is 0. The number of carbonyl (C=O) groups excluding carboxylic acids is 2. The molecule has 0 aromatic carbocycles. The molecule has 0 heterocycles.